The number of hydrogen-bond acceptors (Lipinski definition) is 4. The summed E-state index contributed by atoms with van der Waals surface area (Å²) in [6.45, 7) is 2.11. The molecular weight excluding hydrogens is 395 g/mol. The van der Waals surface area contributed by atoms with Gasteiger partial charge in [-0.05, 0) is 30.7 Å². The van der Waals surface area contributed by atoms with Crippen LogP contribution in [0, 0.1) is 0 Å². The van der Waals surface area contributed by atoms with Crippen LogP contribution in [0.1, 0.15) is 18.1 Å². The molecule has 0 aliphatic heterocycles. The molecule has 150 valence electrons. The average molecular weight is 414 g/mol. The SMILES string of the molecule is CCOC(=O)/C(=N\Nc1cc(C(F)(F)F)ccc1Cl)N(C)Cc1ccccc1. The molecule has 0 fully saturated rings. The quantitative estimate of drug-likeness (QED) is 0.332. The molecule has 0 radical (unpaired) electrons. The van der Waals surface area contributed by atoms with Crippen molar-refractivity contribution >= 4 is 29.1 Å². The van der Waals surface area contributed by atoms with Gasteiger partial charge in [0, 0.05) is 13.6 Å². The smallest absolute Gasteiger partial charge is 0.416 e. The Balaban J connectivity index is 2.28. The predicted molar refractivity (Wildman–Crippen MR) is 102 cm³/mol. The molecule has 0 aliphatic carbocycles. The van der Waals surface area contributed by atoms with Gasteiger partial charge < -0.3 is 9.64 Å². The van der Waals surface area contributed by atoms with Gasteiger partial charge in [-0.15, -0.1) is 5.10 Å². The third-order valence-corrected chi connectivity index (χ3v) is 3.99. The lowest BCUT2D eigenvalue weighted by atomic mass is 10.2. The Hall–Kier alpha value is -2.74. The molecule has 2 aromatic carbocycles. The second kappa shape index (κ2) is 9.45. The van der Waals surface area contributed by atoms with Crippen molar-refractivity contribution < 1.29 is 22.7 Å². The van der Waals surface area contributed by atoms with Crippen molar-refractivity contribution in [2.24, 2.45) is 5.10 Å². The number of esters is 1. The zero-order valence-corrected chi connectivity index (χ0v) is 16.0. The molecule has 2 aromatic rings. The van der Waals surface area contributed by atoms with E-state index >= 15 is 0 Å². The Morgan fingerprint density at radius 2 is 1.89 bits per heavy atom. The molecule has 0 spiro atoms. The maximum Gasteiger partial charge on any atom is 0.416 e. The van der Waals surface area contributed by atoms with Gasteiger partial charge >= 0.3 is 12.1 Å². The molecule has 0 amide bonds. The molecule has 2 rings (SSSR count). The number of amidine groups is 1. The number of hydrogen-bond donors (Lipinski definition) is 1. The van der Waals surface area contributed by atoms with Crippen LogP contribution in [0.5, 0.6) is 0 Å². The van der Waals surface area contributed by atoms with E-state index in [4.69, 9.17) is 16.3 Å². The molecule has 0 unspecified atom stereocenters. The highest BCUT2D eigenvalue weighted by atomic mass is 35.5. The molecule has 28 heavy (non-hydrogen) atoms. The lowest BCUT2D eigenvalue weighted by Crippen LogP contribution is -2.35. The van der Waals surface area contributed by atoms with E-state index in [1.54, 1.807) is 14.0 Å². The van der Waals surface area contributed by atoms with Crippen LogP contribution in [0.25, 0.3) is 0 Å². The van der Waals surface area contributed by atoms with Crippen molar-refractivity contribution in [1.82, 2.24) is 4.90 Å². The van der Waals surface area contributed by atoms with Gasteiger partial charge in [0.1, 0.15) is 0 Å². The standard InChI is InChI=1S/C19H19ClF3N3O2/c1-3-28-18(27)17(26(2)12-13-7-5-4-6-8-13)25-24-16-11-14(19(21,22)23)9-10-15(16)20/h4-11,24H,3,12H2,1-2H3/b25-17+. The van der Waals surface area contributed by atoms with E-state index in [-0.39, 0.29) is 23.2 Å². The van der Waals surface area contributed by atoms with E-state index in [1.165, 1.54) is 4.90 Å². The summed E-state index contributed by atoms with van der Waals surface area (Å²) in [4.78, 5) is 13.8. The first-order valence-corrected chi connectivity index (χ1v) is 8.72. The molecule has 0 bridgehead atoms. The number of ether oxygens (including phenoxy) is 1. The maximum absolute atomic E-state index is 12.9. The number of nitrogens with one attached hydrogen (secondary N) is 1. The van der Waals surface area contributed by atoms with Gasteiger partial charge in [0.15, 0.2) is 0 Å². The summed E-state index contributed by atoms with van der Waals surface area (Å²) in [5.41, 5.74) is 2.40. The molecule has 0 saturated carbocycles. The van der Waals surface area contributed by atoms with E-state index in [0.29, 0.717) is 6.54 Å². The normalized spacial score (nSPS) is 11.9. The molecule has 9 heteroatoms. The van der Waals surface area contributed by atoms with Crippen molar-refractivity contribution in [3.8, 4) is 0 Å². The maximum atomic E-state index is 12.9. The molecule has 5 nitrogen and oxygen atoms in total. The second-order valence-corrected chi connectivity index (χ2v) is 6.21. The van der Waals surface area contributed by atoms with E-state index in [0.717, 1.165) is 23.8 Å². The topological polar surface area (TPSA) is 53.9 Å². The Morgan fingerprint density at radius 1 is 1.21 bits per heavy atom. The third-order valence-electron chi connectivity index (χ3n) is 3.66. The van der Waals surface area contributed by atoms with E-state index in [2.05, 4.69) is 10.5 Å². The second-order valence-electron chi connectivity index (χ2n) is 5.80. The number of anilines is 1. The number of alkyl halides is 3. The van der Waals surface area contributed by atoms with Gasteiger partial charge in [0.25, 0.3) is 0 Å². The van der Waals surface area contributed by atoms with Crippen molar-refractivity contribution in [2.45, 2.75) is 19.6 Å². The minimum atomic E-state index is -4.53. The number of likely N-dealkylation sites (N-methyl/N-ethyl adjacent to an activating group) is 1. The van der Waals surface area contributed by atoms with Gasteiger partial charge in [-0.3, -0.25) is 5.43 Å². The zero-order valence-electron chi connectivity index (χ0n) is 15.3. The molecule has 0 aromatic heterocycles. The first-order valence-electron chi connectivity index (χ1n) is 8.35. The molecule has 0 aliphatic rings. The van der Waals surface area contributed by atoms with Gasteiger partial charge in [-0.25, -0.2) is 4.79 Å². The lowest BCUT2D eigenvalue weighted by Gasteiger charge is -2.20. The van der Waals surface area contributed by atoms with Gasteiger partial charge in [0.2, 0.25) is 5.84 Å². The average Bonchev–Trinajstić information content (AvgIpc) is 2.63. The first kappa shape index (κ1) is 21.6. The zero-order chi connectivity index (χ0) is 20.7. The number of rotatable bonds is 5. The molecule has 0 heterocycles. The molecule has 0 atom stereocenters. The van der Waals surface area contributed by atoms with Crippen LogP contribution in [0.4, 0.5) is 18.9 Å². The van der Waals surface area contributed by atoms with Gasteiger partial charge in [-0.1, -0.05) is 41.9 Å². The highest BCUT2D eigenvalue weighted by molar-refractivity contribution is 6.35. The molecule has 1 N–H and O–H groups in total. The van der Waals surface area contributed by atoms with E-state index < -0.39 is 17.7 Å². The summed E-state index contributed by atoms with van der Waals surface area (Å²) in [6, 6.07) is 12.1. The fraction of sp³-hybridized carbons (Fsp3) is 0.263. The fourth-order valence-corrected chi connectivity index (χ4v) is 2.47. The Kier molecular flexibility index (Phi) is 7.28. The van der Waals surface area contributed by atoms with Crippen molar-refractivity contribution in [3.05, 3.63) is 64.7 Å². The Bertz CT molecular complexity index is 842. The molecular formula is C19H19ClF3N3O2. The first-order chi connectivity index (χ1) is 13.2. The summed E-state index contributed by atoms with van der Waals surface area (Å²) in [5, 5.41) is 3.99. The number of halogens is 4. The third kappa shape index (κ3) is 5.88. The summed E-state index contributed by atoms with van der Waals surface area (Å²) in [7, 11) is 1.62. The Morgan fingerprint density at radius 3 is 2.50 bits per heavy atom. The highest BCUT2D eigenvalue weighted by Gasteiger charge is 2.31. The minimum Gasteiger partial charge on any atom is -0.460 e. The monoisotopic (exact) mass is 413 g/mol. The largest absolute Gasteiger partial charge is 0.460 e. The van der Waals surface area contributed by atoms with Crippen LogP contribution in [-0.4, -0.2) is 30.4 Å². The lowest BCUT2D eigenvalue weighted by molar-refractivity contribution is -0.137. The minimum absolute atomic E-state index is 0.0330. The van der Waals surface area contributed by atoms with Gasteiger partial charge in [-0.2, -0.15) is 13.2 Å². The van der Waals surface area contributed by atoms with Crippen LogP contribution in [0.2, 0.25) is 5.02 Å². The van der Waals surface area contributed by atoms with Gasteiger partial charge in [0.05, 0.1) is 22.9 Å². The van der Waals surface area contributed by atoms with Crippen LogP contribution < -0.4 is 5.43 Å². The van der Waals surface area contributed by atoms with Crippen LogP contribution in [0.3, 0.4) is 0 Å². The summed E-state index contributed by atoms with van der Waals surface area (Å²) >= 11 is 5.95. The van der Waals surface area contributed by atoms with Crippen LogP contribution in [0.15, 0.2) is 53.6 Å². The number of hydrazone groups is 1. The molecule has 0 saturated heterocycles. The number of nitrogens with zero attached hydrogens (tertiary/aromatic N) is 2. The highest BCUT2D eigenvalue weighted by Crippen LogP contribution is 2.33. The van der Waals surface area contributed by atoms with Crippen molar-refractivity contribution in [3.63, 3.8) is 0 Å². The van der Waals surface area contributed by atoms with E-state index in [9.17, 15) is 18.0 Å². The van der Waals surface area contributed by atoms with Crippen molar-refractivity contribution in [1.29, 1.82) is 0 Å². The predicted octanol–water partition coefficient (Wildman–Crippen LogP) is 4.78. The van der Waals surface area contributed by atoms with Crippen molar-refractivity contribution in [2.75, 3.05) is 19.1 Å². The summed E-state index contributed by atoms with van der Waals surface area (Å²) < 4.78 is 43.7. The van der Waals surface area contributed by atoms with E-state index in [1.807, 2.05) is 30.3 Å². The van der Waals surface area contributed by atoms with Crippen LogP contribution in [-0.2, 0) is 22.3 Å². The summed E-state index contributed by atoms with van der Waals surface area (Å²) in [5.74, 6) is -0.810. The van der Waals surface area contributed by atoms with Crippen LogP contribution >= 0.6 is 11.6 Å². The Labute approximate surface area is 165 Å². The number of carbonyl (C=O) groups is 1. The number of carbonyl (C=O) groups excluding carboxylic acids is 1. The number of benzene rings is 2. The fourth-order valence-electron chi connectivity index (χ4n) is 2.32. The summed E-state index contributed by atoms with van der Waals surface area (Å²) in [6.07, 6.45) is -4.53.